The molecule has 0 N–H and O–H groups in total. The molecule has 0 saturated carbocycles. The van der Waals surface area contributed by atoms with Gasteiger partial charge in [-0.05, 0) is 37.3 Å². The average Bonchev–Trinajstić information content (AvgIpc) is 3.07. The number of hydrogen-bond acceptors (Lipinski definition) is 4. The summed E-state index contributed by atoms with van der Waals surface area (Å²) in [5.74, 6) is 0. The van der Waals surface area contributed by atoms with Gasteiger partial charge in [0.05, 0.1) is 13.2 Å². The summed E-state index contributed by atoms with van der Waals surface area (Å²) in [7, 11) is 0. The van der Waals surface area contributed by atoms with E-state index in [1.54, 1.807) is 0 Å². The molecule has 0 amide bonds. The van der Waals surface area contributed by atoms with E-state index < -0.39 is 0 Å². The Labute approximate surface area is 302 Å². The highest BCUT2D eigenvalue weighted by molar-refractivity contribution is 7.80. The molecule has 0 radical (unpaired) electrons. The molecule has 0 aromatic carbocycles. The number of hydrogen-bond donors (Lipinski definition) is 0. The summed E-state index contributed by atoms with van der Waals surface area (Å²) in [6, 6.07) is 0. The molecule has 2 nitrogen and oxygen atoms in total. The first-order valence-electron chi connectivity index (χ1n) is 20.9. The Bertz CT molecular complexity index is 530. The van der Waals surface area contributed by atoms with Gasteiger partial charge in [-0.2, -0.15) is 0 Å². The summed E-state index contributed by atoms with van der Waals surface area (Å²) in [5, 5.41) is 1.54. The maximum absolute atomic E-state index is 5.44. The van der Waals surface area contributed by atoms with E-state index in [1.807, 2.05) is 0 Å². The lowest BCUT2D eigenvalue weighted by molar-refractivity contribution is 0.293. The molecule has 46 heavy (non-hydrogen) atoms. The molecule has 0 unspecified atom stereocenters. The van der Waals surface area contributed by atoms with Crippen molar-refractivity contribution >= 4 is 34.5 Å². The molecule has 0 atom stereocenters. The topological polar surface area (TPSA) is 18.5 Å². The Hall–Kier alpha value is -0.220. The van der Waals surface area contributed by atoms with E-state index in [9.17, 15) is 0 Å². The minimum atomic E-state index is 0.769. The lowest BCUT2D eigenvalue weighted by Crippen LogP contribution is -2.01. The molecule has 4 heteroatoms. The Morgan fingerprint density at radius 3 is 0.630 bits per heavy atom. The van der Waals surface area contributed by atoms with E-state index in [0.29, 0.717) is 0 Å². The van der Waals surface area contributed by atoms with Crippen LogP contribution in [0.1, 0.15) is 246 Å². The quantitative estimate of drug-likeness (QED) is 0.0483. The van der Waals surface area contributed by atoms with Gasteiger partial charge in [0.15, 0.2) is 10.1 Å². The fraction of sp³-hybridized carbons (Fsp3) is 0.952. The lowest BCUT2D eigenvalue weighted by atomic mass is 10.0. The zero-order valence-corrected chi connectivity index (χ0v) is 33.7. The van der Waals surface area contributed by atoms with Crippen LogP contribution >= 0.6 is 24.4 Å². The van der Waals surface area contributed by atoms with Crippen LogP contribution in [0.25, 0.3) is 0 Å². The van der Waals surface area contributed by atoms with E-state index in [2.05, 4.69) is 27.7 Å². The van der Waals surface area contributed by atoms with Gasteiger partial charge in [-0.15, -0.1) is 0 Å². The zero-order chi connectivity index (χ0) is 34.0. The van der Waals surface area contributed by atoms with Gasteiger partial charge in [0.2, 0.25) is 0 Å². The standard InChI is InChI=1S/2C21H42OS/c2*1-3-5-6-7-8-9-10-11-12-13-14-15-16-17-18-19-20-22-21(23)4-2/h2*3-20H2,1-2H3. The third kappa shape index (κ3) is 45.9. The Morgan fingerprint density at radius 2 is 0.457 bits per heavy atom. The highest BCUT2D eigenvalue weighted by Crippen LogP contribution is 2.15. The Kier molecular flexibility index (Phi) is 46.6. The predicted octanol–water partition coefficient (Wildman–Crippen LogP) is 16.0. The van der Waals surface area contributed by atoms with Crippen LogP contribution in [0.3, 0.4) is 0 Å². The molecule has 0 spiro atoms. The van der Waals surface area contributed by atoms with Crippen molar-refractivity contribution in [3.63, 3.8) is 0 Å². The molecular formula is C42H84O2S2. The van der Waals surface area contributed by atoms with E-state index in [-0.39, 0.29) is 0 Å². The van der Waals surface area contributed by atoms with Crippen LogP contribution in [0.15, 0.2) is 0 Å². The van der Waals surface area contributed by atoms with E-state index in [4.69, 9.17) is 33.9 Å². The van der Waals surface area contributed by atoms with Crippen molar-refractivity contribution in [1.82, 2.24) is 0 Å². The lowest BCUT2D eigenvalue weighted by Gasteiger charge is -2.05. The Morgan fingerprint density at radius 1 is 0.283 bits per heavy atom. The normalized spacial score (nSPS) is 10.9. The van der Waals surface area contributed by atoms with Gasteiger partial charge in [-0.1, -0.05) is 220 Å². The highest BCUT2D eigenvalue weighted by atomic mass is 32.1. The van der Waals surface area contributed by atoms with Gasteiger partial charge in [0.25, 0.3) is 0 Å². The van der Waals surface area contributed by atoms with Crippen LogP contribution in [-0.4, -0.2) is 23.3 Å². The maximum atomic E-state index is 5.44. The van der Waals surface area contributed by atoms with Gasteiger partial charge in [0.1, 0.15) is 0 Å². The summed E-state index contributed by atoms with van der Waals surface area (Å²) >= 11 is 10.1. The minimum absolute atomic E-state index is 0.769. The second kappa shape index (κ2) is 44.8. The van der Waals surface area contributed by atoms with Crippen molar-refractivity contribution < 1.29 is 9.47 Å². The first-order valence-corrected chi connectivity index (χ1v) is 21.7. The summed E-state index contributed by atoms with van der Waals surface area (Å²) in [4.78, 5) is 0. The van der Waals surface area contributed by atoms with Crippen molar-refractivity contribution in [3.05, 3.63) is 0 Å². The number of unbranched alkanes of at least 4 members (excludes halogenated alkanes) is 30. The van der Waals surface area contributed by atoms with Crippen LogP contribution in [0.2, 0.25) is 0 Å². The van der Waals surface area contributed by atoms with Crippen LogP contribution in [0, 0.1) is 0 Å². The van der Waals surface area contributed by atoms with Gasteiger partial charge in [-0.25, -0.2) is 0 Å². The molecule has 0 aromatic rings. The highest BCUT2D eigenvalue weighted by Gasteiger charge is 1.98. The van der Waals surface area contributed by atoms with Crippen molar-refractivity contribution in [3.8, 4) is 0 Å². The first-order chi connectivity index (χ1) is 22.6. The molecule has 0 fully saturated rings. The maximum Gasteiger partial charge on any atom is 0.159 e. The van der Waals surface area contributed by atoms with Gasteiger partial charge >= 0.3 is 0 Å². The van der Waals surface area contributed by atoms with E-state index in [1.165, 1.54) is 205 Å². The van der Waals surface area contributed by atoms with Crippen molar-refractivity contribution in [2.45, 2.75) is 246 Å². The largest absolute Gasteiger partial charge is 0.487 e. The SMILES string of the molecule is CCCCCCCCCCCCCCCCCCOC(=S)CC.CCCCCCCCCCCCCCCCCCOC(=S)CC. The third-order valence-electron chi connectivity index (χ3n) is 9.10. The van der Waals surface area contributed by atoms with Crippen LogP contribution in [-0.2, 0) is 9.47 Å². The van der Waals surface area contributed by atoms with Crippen molar-refractivity contribution in [2.24, 2.45) is 0 Å². The van der Waals surface area contributed by atoms with E-state index in [0.717, 1.165) is 36.2 Å². The molecule has 0 heterocycles. The first kappa shape index (κ1) is 47.9. The number of ether oxygens (including phenoxy) is 2. The van der Waals surface area contributed by atoms with Gasteiger partial charge in [-0.3, -0.25) is 0 Å². The molecule has 0 aliphatic carbocycles. The van der Waals surface area contributed by atoms with Crippen LogP contribution < -0.4 is 0 Å². The van der Waals surface area contributed by atoms with Crippen LogP contribution in [0.5, 0.6) is 0 Å². The summed E-state index contributed by atoms with van der Waals surface area (Å²) < 4.78 is 10.9. The predicted molar refractivity (Wildman–Crippen MR) is 217 cm³/mol. The molecule has 276 valence electrons. The number of rotatable bonds is 36. The van der Waals surface area contributed by atoms with Crippen LogP contribution in [0.4, 0.5) is 0 Å². The van der Waals surface area contributed by atoms with Gasteiger partial charge in [0, 0.05) is 12.8 Å². The van der Waals surface area contributed by atoms with E-state index >= 15 is 0 Å². The minimum Gasteiger partial charge on any atom is -0.487 e. The monoisotopic (exact) mass is 685 g/mol. The molecule has 0 aliphatic heterocycles. The van der Waals surface area contributed by atoms with Crippen molar-refractivity contribution in [1.29, 1.82) is 0 Å². The second-order valence-electron chi connectivity index (χ2n) is 13.8. The molecule has 0 aliphatic rings. The third-order valence-corrected chi connectivity index (χ3v) is 9.91. The zero-order valence-electron chi connectivity index (χ0n) is 32.1. The molecule has 0 aromatic heterocycles. The van der Waals surface area contributed by atoms with Gasteiger partial charge < -0.3 is 9.47 Å². The fourth-order valence-electron chi connectivity index (χ4n) is 5.88. The van der Waals surface area contributed by atoms with Crippen molar-refractivity contribution in [2.75, 3.05) is 13.2 Å². The fourth-order valence-corrected chi connectivity index (χ4v) is 6.04. The summed E-state index contributed by atoms with van der Waals surface area (Å²) in [6.07, 6.45) is 46.8. The molecule has 0 bridgehead atoms. The smallest absolute Gasteiger partial charge is 0.159 e. The Balaban J connectivity index is 0. The summed E-state index contributed by atoms with van der Waals surface area (Å²) in [6.45, 7) is 10.3. The molecule has 0 rings (SSSR count). The molecule has 0 saturated heterocycles. The second-order valence-corrected chi connectivity index (χ2v) is 14.7. The summed E-state index contributed by atoms with van der Waals surface area (Å²) in [5.41, 5.74) is 0. The number of thiocarbonyl (C=S) groups is 2. The molecular weight excluding hydrogens is 601 g/mol. The average molecular weight is 685 g/mol.